The predicted octanol–water partition coefficient (Wildman–Crippen LogP) is 10.8. The molecule has 0 aliphatic carbocycles. The topological polar surface area (TPSA) is 36.9 Å². The highest BCUT2D eigenvalue weighted by molar-refractivity contribution is 7.25. The Balaban J connectivity index is 1.34. The van der Waals surface area contributed by atoms with E-state index in [1.807, 2.05) is 47.7 Å². The molecule has 0 aliphatic rings. The first-order valence-corrected chi connectivity index (χ1v) is 14.0. The molecule has 0 bridgehead atoms. The summed E-state index contributed by atoms with van der Waals surface area (Å²) >= 11 is 1.83. The van der Waals surface area contributed by atoms with Crippen molar-refractivity contribution in [3.05, 3.63) is 133 Å². The van der Waals surface area contributed by atoms with Gasteiger partial charge in [0.25, 0.3) is 0 Å². The Labute approximate surface area is 235 Å². The Morgan fingerprint density at radius 2 is 1.18 bits per heavy atom. The lowest BCUT2D eigenvalue weighted by Gasteiger charge is -2.14. The molecule has 8 rings (SSSR count). The van der Waals surface area contributed by atoms with Gasteiger partial charge >= 0.3 is 0 Å². The Kier molecular flexibility index (Phi) is 5.10. The van der Waals surface area contributed by atoms with E-state index < -0.39 is 0 Å². The third kappa shape index (κ3) is 3.62. The largest absolute Gasteiger partial charge is 0.456 e. The fourth-order valence-corrected chi connectivity index (χ4v) is 6.86. The van der Waals surface area contributed by atoms with Crippen LogP contribution in [0.15, 0.2) is 132 Å². The lowest BCUT2D eigenvalue weighted by atomic mass is 9.90. The average Bonchev–Trinajstić information content (AvgIpc) is 3.58. The minimum atomic E-state index is 0.652. The van der Waals surface area contributed by atoms with Crippen molar-refractivity contribution in [3.63, 3.8) is 0 Å². The summed E-state index contributed by atoms with van der Waals surface area (Å²) in [6.07, 6.45) is 0. The lowest BCUT2D eigenvalue weighted by molar-refractivity contribution is 0.669. The Morgan fingerprint density at radius 1 is 0.475 bits per heavy atom. The summed E-state index contributed by atoms with van der Waals surface area (Å²) in [6, 6.07) is 46.8. The molecule has 0 aliphatic heterocycles. The summed E-state index contributed by atoms with van der Waals surface area (Å²) in [5.74, 6) is 0. The minimum absolute atomic E-state index is 0.652. The van der Waals surface area contributed by atoms with Crippen LogP contribution in [-0.2, 0) is 0 Å². The van der Waals surface area contributed by atoms with Crippen LogP contribution >= 0.6 is 11.3 Å². The van der Waals surface area contributed by atoms with Gasteiger partial charge in [0.05, 0.1) is 11.6 Å². The molecule has 0 saturated heterocycles. The number of rotatable bonds is 3. The van der Waals surface area contributed by atoms with Gasteiger partial charge in [0, 0.05) is 30.9 Å². The van der Waals surface area contributed by atoms with Crippen LogP contribution in [0.5, 0.6) is 0 Å². The van der Waals surface area contributed by atoms with Gasteiger partial charge in [0.1, 0.15) is 11.2 Å². The van der Waals surface area contributed by atoms with Gasteiger partial charge in [-0.15, -0.1) is 11.3 Å². The Hall–Kier alpha value is -5.17. The smallest absolute Gasteiger partial charge is 0.135 e. The maximum Gasteiger partial charge on any atom is 0.135 e. The predicted molar refractivity (Wildman–Crippen MR) is 168 cm³/mol. The third-order valence-corrected chi connectivity index (χ3v) is 8.87. The van der Waals surface area contributed by atoms with Gasteiger partial charge in [0.2, 0.25) is 0 Å². The van der Waals surface area contributed by atoms with Gasteiger partial charge in [-0.1, -0.05) is 72.8 Å². The number of nitrogens with zero attached hydrogens (tertiary/aromatic N) is 1. The number of nitriles is 1. The minimum Gasteiger partial charge on any atom is -0.456 e. The van der Waals surface area contributed by atoms with Crippen molar-refractivity contribution in [2.45, 2.75) is 0 Å². The molecule has 2 aromatic heterocycles. The number of fused-ring (bicyclic) bond motifs is 6. The number of hydrogen-bond acceptors (Lipinski definition) is 3. The molecular formula is C37H21NOS. The first-order chi connectivity index (χ1) is 19.7. The lowest BCUT2D eigenvalue weighted by Crippen LogP contribution is -1.89. The highest BCUT2D eigenvalue weighted by Crippen LogP contribution is 2.41. The molecular weight excluding hydrogens is 506 g/mol. The SMILES string of the molecule is N#Cc1cccc(-c2cc(-c3ccc4oc5ccccc5c4c3)ccc2-c2ccc3sc4ccccc4c3c2)c1. The van der Waals surface area contributed by atoms with E-state index in [2.05, 4.69) is 97.1 Å². The average molecular weight is 528 g/mol. The van der Waals surface area contributed by atoms with Gasteiger partial charge in [-0.25, -0.2) is 0 Å². The first-order valence-electron chi connectivity index (χ1n) is 13.2. The van der Waals surface area contributed by atoms with Crippen LogP contribution < -0.4 is 0 Å². The molecule has 0 radical (unpaired) electrons. The van der Waals surface area contributed by atoms with Crippen LogP contribution in [0.25, 0.3) is 75.5 Å². The number of benzene rings is 6. The van der Waals surface area contributed by atoms with Gasteiger partial charge in [-0.3, -0.25) is 0 Å². The highest BCUT2D eigenvalue weighted by Gasteiger charge is 2.14. The van der Waals surface area contributed by atoms with Crippen molar-refractivity contribution in [2.24, 2.45) is 0 Å². The Bertz CT molecular complexity index is 2300. The van der Waals surface area contributed by atoms with Crippen molar-refractivity contribution in [1.82, 2.24) is 0 Å². The van der Waals surface area contributed by atoms with E-state index in [1.165, 1.54) is 20.2 Å². The molecule has 40 heavy (non-hydrogen) atoms. The highest BCUT2D eigenvalue weighted by atomic mass is 32.1. The van der Waals surface area contributed by atoms with E-state index in [-0.39, 0.29) is 0 Å². The van der Waals surface area contributed by atoms with Crippen molar-refractivity contribution in [3.8, 4) is 39.4 Å². The fraction of sp³-hybridized carbons (Fsp3) is 0. The quantitative estimate of drug-likeness (QED) is 0.229. The van der Waals surface area contributed by atoms with Crippen molar-refractivity contribution in [2.75, 3.05) is 0 Å². The number of furan rings is 1. The monoisotopic (exact) mass is 527 g/mol. The molecule has 3 heteroatoms. The Morgan fingerprint density at radius 3 is 2.10 bits per heavy atom. The van der Waals surface area contributed by atoms with Gasteiger partial charge in [0.15, 0.2) is 0 Å². The van der Waals surface area contributed by atoms with Crippen molar-refractivity contribution in [1.29, 1.82) is 5.26 Å². The van der Waals surface area contributed by atoms with Crippen LogP contribution in [-0.4, -0.2) is 0 Å². The van der Waals surface area contributed by atoms with Crippen LogP contribution in [0.2, 0.25) is 0 Å². The molecule has 0 N–H and O–H groups in total. The molecule has 0 fully saturated rings. The van der Waals surface area contributed by atoms with E-state index in [4.69, 9.17) is 4.42 Å². The summed E-state index contributed by atoms with van der Waals surface area (Å²) in [7, 11) is 0. The molecule has 2 nitrogen and oxygen atoms in total. The summed E-state index contributed by atoms with van der Waals surface area (Å²) in [5.41, 5.74) is 9.13. The van der Waals surface area contributed by atoms with E-state index in [9.17, 15) is 5.26 Å². The van der Waals surface area contributed by atoms with E-state index in [0.717, 1.165) is 55.3 Å². The zero-order valence-electron chi connectivity index (χ0n) is 21.4. The number of hydrogen-bond donors (Lipinski definition) is 0. The molecule has 0 atom stereocenters. The van der Waals surface area contributed by atoms with Gasteiger partial charge in [-0.2, -0.15) is 5.26 Å². The van der Waals surface area contributed by atoms with E-state index in [1.54, 1.807) is 0 Å². The molecule has 0 amide bonds. The zero-order valence-corrected chi connectivity index (χ0v) is 22.2. The van der Waals surface area contributed by atoms with E-state index >= 15 is 0 Å². The normalized spacial score (nSPS) is 11.5. The fourth-order valence-electron chi connectivity index (χ4n) is 5.77. The number of thiophene rings is 1. The maximum atomic E-state index is 9.63. The maximum absolute atomic E-state index is 9.63. The molecule has 186 valence electrons. The summed E-state index contributed by atoms with van der Waals surface area (Å²) in [5, 5.41) is 14.4. The van der Waals surface area contributed by atoms with Gasteiger partial charge < -0.3 is 4.42 Å². The molecule has 2 heterocycles. The zero-order chi connectivity index (χ0) is 26.6. The third-order valence-electron chi connectivity index (χ3n) is 7.72. The second-order valence-electron chi connectivity index (χ2n) is 10.1. The number of para-hydroxylation sites is 1. The molecule has 0 unspecified atom stereocenters. The molecule has 6 aromatic carbocycles. The van der Waals surface area contributed by atoms with Crippen LogP contribution in [0, 0.1) is 11.3 Å². The van der Waals surface area contributed by atoms with Crippen LogP contribution in [0.1, 0.15) is 5.56 Å². The van der Waals surface area contributed by atoms with Crippen molar-refractivity contribution < 1.29 is 4.42 Å². The second-order valence-corrected chi connectivity index (χ2v) is 11.2. The summed E-state index contributed by atoms with van der Waals surface area (Å²) < 4.78 is 8.66. The molecule has 0 saturated carbocycles. The van der Waals surface area contributed by atoms with Gasteiger partial charge in [-0.05, 0) is 88.0 Å². The molecule has 0 spiro atoms. The van der Waals surface area contributed by atoms with E-state index in [0.29, 0.717) is 5.56 Å². The van der Waals surface area contributed by atoms with Crippen LogP contribution in [0.4, 0.5) is 0 Å². The van der Waals surface area contributed by atoms with Crippen LogP contribution in [0.3, 0.4) is 0 Å². The standard InChI is InChI=1S/C37H21NOS/c38-22-23-6-5-7-26(18-23)31-19-24(25-13-16-35-32(20-25)29-8-1-3-10-34(29)39-35)12-15-28(31)27-14-17-37-33(21-27)30-9-2-4-11-36(30)40-37/h1-21H. The van der Waals surface area contributed by atoms with Crippen molar-refractivity contribution >= 4 is 53.4 Å². The summed E-state index contributed by atoms with van der Waals surface area (Å²) in [6.45, 7) is 0. The second kappa shape index (κ2) is 8.95. The summed E-state index contributed by atoms with van der Waals surface area (Å²) in [4.78, 5) is 0. The molecule has 8 aromatic rings. The first kappa shape index (κ1) is 22.8.